The summed E-state index contributed by atoms with van der Waals surface area (Å²) in [6, 6.07) is 4.04. The monoisotopic (exact) mass is 359 g/mol. The van der Waals surface area contributed by atoms with E-state index in [4.69, 9.17) is 5.11 Å². The van der Waals surface area contributed by atoms with E-state index >= 15 is 0 Å². The van der Waals surface area contributed by atoms with Crippen LogP contribution in [-0.4, -0.2) is 41.1 Å². The minimum atomic E-state index is -0.740. The molecule has 1 aliphatic carbocycles. The van der Waals surface area contributed by atoms with Crippen LogP contribution in [0.3, 0.4) is 0 Å². The number of aliphatic carboxylic acids is 1. The fraction of sp³-hybridized carbons (Fsp3) is 0.650. The number of pyridine rings is 1. The molecule has 0 spiro atoms. The van der Waals surface area contributed by atoms with E-state index in [1.807, 2.05) is 19.1 Å². The average molecular weight is 359 g/mol. The van der Waals surface area contributed by atoms with Gasteiger partial charge in [0.05, 0.1) is 11.3 Å². The van der Waals surface area contributed by atoms with E-state index in [2.05, 4.69) is 15.2 Å². The highest BCUT2D eigenvalue weighted by Crippen LogP contribution is 2.25. The number of anilines is 1. The van der Waals surface area contributed by atoms with Crippen molar-refractivity contribution < 1.29 is 14.7 Å². The van der Waals surface area contributed by atoms with E-state index in [-0.39, 0.29) is 24.3 Å². The van der Waals surface area contributed by atoms with Gasteiger partial charge in [-0.15, -0.1) is 0 Å². The summed E-state index contributed by atoms with van der Waals surface area (Å²) in [5.41, 5.74) is 1.37. The standard InChI is InChI=1S/C20H29N3O3/c1-14-17(20(26)22-16-7-3-2-4-8-16)9-10-18(21-14)23-11-5-6-15(13-23)12-19(24)25/h9-10,15-16H,2-8,11-13H2,1H3,(H,22,26)(H,24,25)/t15-/m0/s1. The van der Waals surface area contributed by atoms with E-state index in [1.165, 1.54) is 19.3 Å². The average Bonchev–Trinajstić information content (AvgIpc) is 2.62. The molecule has 1 saturated carbocycles. The molecule has 0 radical (unpaired) electrons. The maximum Gasteiger partial charge on any atom is 0.303 e. The smallest absolute Gasteiger partial charge is 0.303 e. The molecule has 6 nitrogen and oxygen atoms in total. The Morgan fingerprint density at radius 3 is 2.65 bits per heavy atom. The molecular formula is C20H29N3O3. The third-order valence-electron chi connectivity index (χ3n) is 5.56. The second-order valence-corrected chi connectivity index (χ2v) is 7.66. The zero-order valence-electron chi connectivity index (χ0n) is 15.5. The molecule has 1 amide bonds. The van der Waals surface area contributed by atoms with Crippen LogP contribution in [0.4, 0.5) is 5.82 Å². The summed E-state index contributed by atoms with van der Waals surface area (Å²) in [5, 5.41) is 12.2. The van der Waals surface area contributed by atoms with Crippen LogP contribution in [0, 0.1) is 12.8 Å². The predicted octanol–water partition coefficient (Wildman–Crippen LogP) is 3.14. The Labute approximate surface area is 155 Å². The summed E-state index contributed by atoms with van der Waals surface area (Å²) in [4.78, 5) is 30.3. The van der Waals surface area contributed by atoms with Gasteiger partial charge in [0, 0.05) is 25.6 Å². The van der Waals surface area contributed by atoms with Crippen molar-refractivity contribution in [1.29, 1.82) is 0 Å². The molecule has 3 rings (SSSR count). The Hall–Kier alpha value is -2.11. The van der Waals surface area contributed by atoms with E-state index in [0.29, 0.717) is 12.1 Å². The van der Waals surface area contributed by atoms with Gasteiger partial charge in [-0.3, -0.25) is 9.59 Å². The van der Waals surface area contributed by atoms with Gasteiger partial charge in [-0.1, -0.05) is 19.3 Å². The lowest BCUT2D eigenvalue weighted by Crippen LogP contribution is -2.38. The number of rotatable bonds is 5. The van der Waals surface area contributed by atoms with Crippen LogP contribution < -0.4 is 10.2 Å². The fourth-order valence-electron chi connectivity index (χ4n) is 4.16. The number of nitrogens with zero attached hydrogens (tertiary/aromatic N) is 2. The third-order valence-corrected chi connectivity index (χ3v) is 5.56. The summed E-state index contributed by atoms with van der Waals surface area (Å²) < 4.78 is 0. The van der Waals surface area contributed by atoms with Crippen LogP contribution in [0.2, 0.25) is 0 Å². The number of amides is 1. The van der Waals surface area contributed by atoms with Crippen LogP contribution >= 0.6 is 0 Å². The van der Waals surface area contributed by atoms with Crippen molar-refractivity contribution in [3.63, 3.8) is 0 Å². The second-order valence-electron chi connectivity index (χ2n) is 7.66. The van der Waals surface area contributed by atoms with Gasteiger partial charge in [0.2, 0.25) is 0 Å². The van der Waals surface area contributed by atoms with Crippen molar-refractivity contribution in [2.24, 2.45) is 5.92 Å². The lowest BCUT2D eigenvalue weighted by Gasteiger charge is -2.33. The molecule has 0 aromatic carbocycles. The first-order chi connectivity index (χ1) is 12.5. The number of aryl methyl sites for hydroxylation is 1. The Morgan fingerprint density at radius 1 is 1.19 bits per heavy atom. The minimum Gasteiger partial charge on any atom is -0.481 e. The Morgan fingerprint density at radius 2 is 1.96 bits per heavy atom. The summed E-state index contributed by atoms with van der Waals surface area (Å²) in [6.07, 6.45) is 7.90. The zero-order chi connectivity index (χ0) is 18.5. The van der Waals surface area contributed by atoms with Crippen molar-refractivity contribution in [2.45, 2.75) is 64.3 Å². The van der Waals surface area contributed by atoms with Gasteiger partial charge in [0.15, 0.2) is 0 Å². The quantitative estimate of drug-likeness (QED) is 0.844. The molecule has 1 aromatic rings. The number of hydrogen-bond acceptors (Lipinski definition) is 4. The highest BCUT2D eigenvalue weighted by Gasteiger charge is 2.24. The Kier molecular flexibility index (Phi) is 6.12. The van der Waals surface area contributed by atoms with Crippen molar-refractivity contribution >= 4 is 17.7 Å². The molecule has 2 fully saturated rings. The van der Waals surface area contributed by atoms with Crippen LogP contribution in [0.5, 0.6) is 0 Å². The highest BCUT2D eigenvalue weighted by molar-refractivity contribution is 5.95. The largest absolute Gasteiger partial charge is 0.481 e. The van der Waals surface area contributed by atoms with Crippen molar-refractivity contribution in [2.75, 3.05) is 18.0 Å². The van der Waals surface area contributed by atoms with Crippen LogP contribution in [0.25, 0.3) is 0 Å². The topological polar surface area (TPSA) is 82.5 Å². The molecule has 26 heavy (non-hydrogen) atoms. The number of hydrogen-bond donors (Lipinski definition) is 2. The van der Waals surface area contributed by atoms with Gasteiger partial charge in [0.1, 0.15) is 5.82 Å². The number of aromatic nitrogens is 1. The van der Waals surface area contributed by atoms with Gasteiger partial charge in [-0.05, 0) is 50.7 Å². The van der Waals surface area contributed by atoms with Crippen LogP contribution in [0.15, 0.2) is 12.1 Å². The molecule has 0 unspecified atom stereocenters. The molecule has 1 aromatic heterocycles. The van der Waals surface area contributed by atoms with Crippen LogP contribution in [0.1, 0.15) is 67.4 Å². The zero-order valence-corrected chi connectivity index (χ0v) is 15.5. The predicted molar refractivity (Wildman–Crippen MR) is 101 cm³/mol. The lowest BCUT2D eigenvalue weighted by atomic mass is 9.94. The van der Waals surface area contributed by atoms with E-state index in [0.717, 1.165) is 43.7 Å². The van der Waals surface area contributed by atoms with Gasteiger partial charge in [-0.25, -0.2) is 4.98 Å². The van der Waals surface area contributed by atoms with Crippen LogP contribution in [-0.2, 0) is 4.79 Å². The number of carboxylic acids is 1. The van der Waals surface area contributed by atoms with Gasteiger partial charge in [0.25, 0.3) is 5.91 Å². The number of carbonyl (C=O) groups is 2. The first-order valence-corrected chi connectivity index (χ1v) is 9.78. The number of carbonyl (C=O) groups excluding carboxylic acids is 1. The first kappa shape index (κ1) is 18.7. The maximum atomic E-state index is 12.6. The molecule has 0 bridgehead atoms. The van der Waals surface area contributed by atoms with E-state index < -0.39 is 5.97 Å². The lowest BCUT2D eigenvalue weighted by molar-refractivity contribution is -0.138. The minimum absolute atomic E-state index is 0.0316. The molecule has 1 aliphatic heterocycles. The molecule has 1 atom stereocenters. The second kappa shape index (κ2) is 8.52. The fourth-order valence-corrected chi connectivity index (χ4v) is 4.16. The van der Waals surface area contributed by atoms with Crippen molar-refractivity contribution in [3.05, 3.63) is 23.4 Å². The summed E-state index contributed by atoms with van der Waals surface area (Å²) >= 11 is 0. The molecule has 1 saturated heterocycles. The number of piperidine rings is 1. The summed E-state index contributed by atoms with van der Waals surface area (Å²) in [6.45, 7) is 3.47. The SMILES string of the molecule is Cc1nc(N2CCC[C@@H](CC(=O)O)C2)ccc1C(=O)NC1CCCCC1. The molecular weight excluding hydrogens is 330 g/mol. The van der Waals surface area contributed by atoms with Crippen molar-refractivity contribution in [1.82, 2.24) is 10.3 Å². The first-order valence-electron chi connectivity index (χ1n) is 9.78. The summed E-state index contributed by atoms with van der Waals surface area (Å²) in [7, 11) is 0. The van der Waals surface area contributed by atoms with Gasteiger partial charge >= 0.3 is 5.97 Å². The number of nitrogens with one attached hydrogen (secondary N) is 1. The molecule has 2 N–H and O–H groups in total. The van der Waals surface area contributed by atoms with E-state index in [9.17, 15) is 9.59 Å². The van der Waals surface area contributed by atoms with Crippen molar-refractivity contribution in [3.8, 4) is 0 Å². The highest BCUT2D eigenvalue weighted by atomic mass is 16.4. The normalized spacial score (nSPS) is 21.4. The van der Waals surface area contributed by atoms with Gasteiger partial charge < -0.3 is 15.3 Å². The maximum absolute atomic E-state index is 12.6. The van der Waals surface area contributed by atoms with Gasteiger partial charge in [-0.2, -0.15) is 0 Å². The summed E-state index contributed by atoms with van der Waals surface area (Å²) in [5.74, 6) is 0.232. The third kappa shape index (κ3) is 4.74. The Balaban J connectivity index is 1.64. The molecule has 6 heteroatoms. The molecule has 2 heterocycles. The van der Waals surface area contributed by atoms with E-state index in [1.54, 1.807) is 0 Å². The number of carboxylic acid groups (broad SMARTS) is 1. The molecule has 2 aliphatic rings. The molecule has 142 valence electrons. The Bertz CT molecular complexity index is 656.